The molecule has 1 amide bonds. The Hall–Kier alpha value is -1.30. The molecule has 18 heavy (non-hydrogen) atoms. The van der Waals surface area contributed by atoms with Crippen molar-refractivity contribution in [3.63, 3.8) is 0 Å². The summed E-state index contributed by atoms with van der Waals surface area (Å²) in [5.74, 6) is -0.411. The lowest BCUT2D eigenvalue weighted by Crippen LogP contribution is -2.57. The van der Waals surface area contributed by atoms with Crippen molar-refractivity contribution in [1.82, 2.24) is 4.90 Å². The van der Waals surface area contributed by atoms with Crippen molar-refractivity contribution in [1.29, 1.82) is 0 Å². The highest BCUT2D eigenvalue weighted by atomic mass is 16.6. The molecule has 1 fully saturated rings. The van der Waals surface area contributed by atoms with Crippen molar-refractivity contribution in [3.8, 4) is 0 Å². The van der Waals surface area contributed by atoms with Crippen LogP contribution in [0.2, 0.25) is 0 Å². The average molecular weight is 259 g/mol. The molecule has 0 saturated carbocycles. The number of hydrogen-bond donors (Lipinski definition) is 0. The summed E-state index contributed by atoms with van der Waals surface area (Å²) in [7, 11) is 1.32. The van der Waals surface area contributed by atoms with Crippen molar-refractivity contribution in [3.05, 3.63) is 0 Å². The molecule has 1 aliphatic rings. The van der Waals surface area contributed by atoms with Crippen molar-refractivity contribution in [2.45, 2.75) is 45.5 Å². The number of hydrogen-bond acceptors (Lipinski definition) is 5. The van der Waals surface area contributed by atoms with Crippen LogP contribution in [0.25, 0.3) is 0 Å². The maximum absolute atomic E-state index is 11.6. The molecule has 0 aromatic heterocycles. The zero-order valence-corrected chi connectivity index (χ0v) is 11.6. The second kappa shape index (κ2) is 5.56. The number of carbonyl (C=O) groups is 2. The molecule has 0 bridgehead atoms. The van der Waals surface area contributed by atoms with Crippen LogP contribution in [0.3, 0.4) is 0 Å². The molecule has 1 atom stereocenters. The van der Waals surface area contributed by atoms with E-state index in [2.05, 4.69) is 4.74 Å². The van der Waals surface area contributed by atoms with Crippen LogP contribution in [0.4, 0.5) is 4.79 Å². The normalized spacial score (nSPS) is 17.9. The average Bonchev–Trinajstić information content (AvgIpc) is 2.18. The number of carbonyl (C=O) groups excluding carboxylic acids is 2. The second-order valence-electron chi connectivity index (χ2n) is 5.31. The van der Waals surface area contributed by atoms with Gasteiger partial charge in [-0.25, -0.2) is 9.59 Å². The minimum Gasteiger partial charge on any atom is -0.467 e. The Morgan fingerprint density at radius 1 is 1.28 bits per heavy atom. The summed E-state index contributed by atoms with van der Waals surface area (Å²) < 4.78 is 15.2. The summed E-state index contributed by atoms with van der Waals surface area (Å²) in [6.45, 7) is 7.96. The number of amides is 1. The van der Waals surface area contributed by atoms with Crippen molar-refractivity contribution < 1.29 is 23.8 Å². The predicted octanol–water partition coefficient (Wildman–Crippen LogP) is 1.18. The van der Waals surface area contributed by atoms with E-state index in [0.717, 1.165) is 0 Å². The molecule has 0 radical (unpaired) electrons. The van der Waals surface area contributed by atoms with E-state index in [1.807, 2.05) is 20.8 Å². The van der Waals surface area contributed by atoms with Crippen LogP contribution < -0.4 is 0 Å². The van der Waals surface area contributed by atoms with Crippen molar-refractivity contribution >= 4 is 12.1 Å². The molecule has 104 valence electrons. The van der Waals surface area contributed by atoms with Crippen LogP contribution in [-0.4, -0.2) is 55.0 Å². The summed E-state index contributed by atoms with van der Waals surface area (Å²) in [4.78, 5) is 24.3. The molecular formula is C12H21NO5. The van der Waals surface area contributed by atoms with Gasteiger partial charge in [0.15, 0.2) is 6.10 Å². The number of esters is 1. The second-order valence-corrected chi connectivity index (χ2v) is 5.31. The summed E-state index contributed by atoms with van der Waals surface area (Å²) in [5.41, 5.74) is -0.498. The number of likely N-dealkylation sites (tertiary alicyclic amines) is 1. The van der Waals surface area contributed by atoms with Gasteiger partial charge in [-0.05, 0) is 27.7 Å². The fourth-order valence-corrected chi connectivity index (χ4v) is 1.51. The van der Waals surface area contributed by atoms with Gasteiger partial charge >= 0.3 is 12.1 Å². The van der Waals surface area contributed by atoms with Gasteiger partial charge in [-0.15, -0.1) is 0 Å². The van der Waals surface area contributed by atoms with Gasteiger partial charge in [-0.3, -0.25) is 0 Å². The Morgan fingerprint density at radius 3 is 2.28 bits per heavy atom. The molecule has 0 aromatic rings. The van der Waals surface area contributed by atoms with Gasteiger partial charge in [0, 0.05) is 0 Å². The lowest BCUT2D eigenvalue weighted by molar-refractivity contribution is -0.162. The van der Waals surface area contributed by atoms with Crippen LogP contribution in [0.1, 0.15) is 27.7 Å². The minimum absolute atomic E-state index is 0.133. The zero-order chi connectivity index (χ0) is 13.9. The summed E-state index contributed by atoms with van der Waals surface area (Å²) in [6, 6.07) is 0. The van der Waals surface area contributed by atoms with Crippen LogP contribution in [0.5, 0.6) is 0 Å². The zero-order valence-electron chi connectivity index (χ0n) is 11.6. The molecular weight excluding hydrogens is 238 g/mol. The van der Waals surface area contributed by atoms with E-state index >= 15 is 0 Å². The third-order valence-corrected chi connectivity index (χ3v) is 2.43. The van der Waals surface area contributed by atoms with Crippen LogP contribution in [0.15, 0.2) is 0 Å². The van der Waals surface area contributed by atoms with E-state index in [4.69, 9.17) is 9.47 Å². The Kier molecular flexibility index (Phi) is 4.56. The number of rotatable bonds is 3. The van der Waals surface area contributed by atoms with E-state index in [1.54, 1.807) is 11.8 Å². The molecule has 0 N–H and O–H groups in total. The standard InChI is InChI=1S/C12H21NO5/c1-8(10(14)16-5)17-9-6-13(7-9)11(15)18-12(2,3)4/h8-9H,6-7H2,1-5H3/t8-/m0/s1. The third kappa shape index (κ3) is 4.18. The fourth-order valence-electron chi connectivity index (χ4n) is 1.51. The Morgan fingerprint density at radius 2 is 1.83 bits per heavy atom. The number of nitrogens with zero attached hydrogens (tertiary/aromatic N) is 1. The first-order chi connectivity index (χ1) is 8.23. The summed E-state index contributed by atoms with van der Waals surface area (Å²) in [6.07, 6.45) is -1.10. The van der Waals surface area contributed by atoms with E-state index in [9.17, 15) is 9.59 Å². The van der Waals surface area contributed by atoms with Gasteiger partial charge in [0.2, 0.25) is 0 Å². The molecule has 1 rings (SSSR count). The van der Waals surface area contributed by atoms with E-state index in [1.165, 1.54) is 7.11 Å². The summed E-state index contributed by atoms with van der Waals surface area (Å²) >= 11 is 0. The monoisotopic (exact) mass is 259 g/mol. The largest absolute Gasteiger partial charge is 0.467 e. The smallest absolute Gasteiger partial charge is 0.410 e. The van der Waals surface area contributed by atoms with E-state index in [-0.39, 0.29) is 12.2 Å². The molecule has 1 aliphatic heterocycles. The molecule has 0 aliphatic carbocycles. The lowest BCUT2D eigenvalue weighted by atomic mass is 10.1. The highest BCUT2D eigenvalue weighted by molar-refractivity contribution is 5.74. The quantitative estimate of drug-likeness (QED) is 0.712. The maximum Gasteiger partial charge on any atom is 0.410 e. The Bertz CT molecular complexity index is 317. The molecule has 0 spiro atoms. The van der Waals surface area contributed by atoms with Gasteiger partial charge < -0.3 is 19.1 Å². The summed E-state index contributed by atoms with van der Waals surface area (Å²) in [5, 5.41) is 0. The SMILES string of the molecule is COC(=O)[C@H](C)OC1CN(C(=O)OC(C)(C)C)C1. The fraction of sp³-hybridized carbons (Fsp3) is 0.833. The Labute approximate surface area is 107 Å². The molecule has 6 nitrogen and oxygen atoms in total. The van der Waals surface area contributed by atoms with Gasteiger partial charge in [0.1, 0.15) is 5.60 Å². The number of methoxy groups -OCH3 is 1. The maximum atomic E-state index is 11.6. The van der Waals surface area contributed by atoms with Gasteiger partial charge in [0.05, 0.1) is 26.3 Å². The van der Waals surface area contributed by atoms with Crippen LogP contribution >= 0.6 is 0 Å². The molecule has 6 heteroatoms. The van der Waals surface area contributed by atoms with Gasteiger partial charge in [0.25, 0.3) is 0 Å². The first-order valence-corrected chi connectivity index (χ1v) is 5.94. The third-order valence-electron chi connectivity index (χ3n) is 2.43. The first kappa shape index (κ1) is 14.8. The topological polar surface area (TPSA) is 65.1 Å². The van der Waals surface area contributed by atoms with Crippen LogP contribution in [0, 0.1) is 0 Å². The van der Waals surface area contributed by atoms with Crippen molar-refractivity contribution in [2.75, 3.05) is 20.2 Å². The van der Waals surface area contributed by atoms with Gasteiger partial charge in [-0.2, -0.15) is 0 Å². The minimum atomic E-state index is -0.610. The lowest BCUT2D eigenvalue weighted by Gasteiger charge is -2.40. The Balaban J connectivity index is 2.28. The van der Waals surface area contributed by atoms with Crippen molar-refractivity contribution in [2.24, 2.45) is 0 Å². The molecule has 0 aromatic carbocycles. The molecule has 0 unspecified atom stereocenters. The molecule has 1 saturated heterocycles. The highest BCUT2D eigenvalue weighted by Crippen LogP contribution is 2.18. The highest BCUT2D eigenvalue weighted by Gasteiger charge is 2.36. The van der Waals surface area contributed by atoms with Crippen LogP contribution in [-0.2, 0) is 19.0 Å². The van der Waals surface area contributed by atoms with E-state index in [0.29, 0.717) is 13.1 Å². The number of ether oxygens (including phenoxy) is 3. The van der Waals surface area contributed by atoms with E-state index < -0.39 is 17.7 Å². The molecule has 1 heterocycles. The van der Waals surface area contributed by atoms with Gasteiger partial charge in [-0.1, -0.05) is 0 Å². The predicted molar refractivity (Wildman–Crippen MR) is 64.2 cm³/mol. The first-order valence-electron chi connectivity index (χ1n) is 5.94.